The Morgan fingerprint density at radius 3 is 2.68 bits per heavy atom. The fourth-order valence-electron chi connectivity index (χ4n) is 4.59. The molecule has 34 heavy (non-hydrogen) atoms. The first-order valence-electron chi connectivity index (χ1n) is 10.8. The Hall–Kier alpha value is -3.06. The van der Waals surface area contributed by atoms with Gasteiger partial charge in [-0.1, -0.05) is 11.6 Å². The fourth-order valence-corrected chi connectivity index (χ4v) is 6.85. The number of anilines is 3. The molecule has 0 aliphatic carbocycles. The van der Waals surface area contributed by atoms with E-state index < -0.39 is 10.0 Å². The molecule has 1 atom stereocenters. The molecular weight excluding hydrogens is 492 g/mol. The number of nitriles is 1. The lowest BCUT2D eigenvalue weighted by Gasteiger charge is -2.35. The normalized spacial score (nSPS) is 18.0. The van der Waals surface area contributed by atoms with Gasteiger partial charge in [0.15, 0.2) is 0 Å². The average molecular weight is 513 g/mol. The van der Waals surface area contributed by atoms with Gasteiger partial charge in [0.1, 0.15) is 17.1 Å². The van der Waals surface area contributed by atoms with E-state index >= 15 is 0 Å². The molecule has 5 rings (SSSR count). The summed E-state index contributed by atoms with van der Waals surface area (Å²) in [6.45, 7) is 1.38. The number of rotatable bonds is 5. The Morgan fingerprint density at radius 2 is 1.91 bits per heavy atom. The van der Waals surface area contributed by atoms with Crippen molar-refractivity contribution >= 4 is 55.2 Å². The number of sulfonamides is 1. The van der Waals surface area contributed by atoms with Gasteiger partial charge in [0, 0.05) is 29.5 Å². The van der Waals surface area contributed by atoms with Gasteiger partial charge < -0.3 is 9.80 Å². The SMILES string of the molecule is N#Cc1ccsc1NS(=O)(=O)c1ccc(N2CC[C@H](N3CCCc4cc(Cl)ccc43)C2=O)cc1. The van der Waals surface area contributed by atoms with E-state index in [1.807, 2.05) is 24.3 Å². The topological polar surface area (TPSA) is 93.5 Å². The van der Waals surface area contributed by atoms with Gasteiger partial charge >= 0.3 is 0 Å². The van der Waals surface area contributed by atoms with Gasteiger partial charge in [0.05, 0.1) is 10.5 Å². The van der Waals surface area contributed by atoms with E-state index in [1.165, 1.54) is 12.1 Å². The number of amides is 1. The zero-order valence-electron chi connectivity index (χ0n) is 18.1. The molecule has 3 aromatic rings. The lowest BCUT2D eigenvalue weighted by atomic mass is 9.99. The maximum atomic E-state index is 13.3. The van der Waals surface area contributed by atoms with Crippen LogP contribution in [0.5, 0.6) is 0 Å². The molecule has 7 nitrogen and oxygen atoms in total. The summed E-state index contributed by atoms with van der Waals surface area (Å²) < 4.78 is 28.0. The maximum Gasteiger partial charge on any atom is 0.262 e. The second-order valence-corrected chi connectivity index (χ2v) is 11.3. The number of carbonyl (C=O) groups excluding carboxylic acids is 1. The molecule has 2 aromatic carbocycles. The van der Waals surface area contributed by atoms with Crippen molar-refractivity contribution in [3.63, 3.8) is 0 Å². The third kappa shape index (κ3) is 4.13. The van der Waals surface area contributed by atoms with E-state index in [4.69, 9.17) is 16.9 Å². The van der Waals surface area contributed by atoms with Crippen molar-refractivity contribution in [3.05, 3.63) is 70.1 Å². The highest BCUT2D eigenvalue weighted by molar-refractivity contribution is 7.93. The van der Waals surface area contributed by atoms with Crippen molar-refractivity contribution in [1.82, 2.24) is 0 Å². The molecule has 10 heteroatoms. The molecule has 0 spiro atoms. The number of aryl methyl sites for hydroxylation is 1. The molecule has 0 bridgehead atoms. The lowest BCUT2D eigenvalue weighted by Crippen LogP contribution is -2.44. The van der Waals surface area contributed by atoms with E-state index in [0.717, 1.165) is 42.0 Å². The van der Waals surface area contributed by atoms with Crippen molar-refractivity contribution in [2.75, 3.05) is 27.6 Å². The highest BCUT2D eigenvalue weighted by Gasteiger charge is 2.38. The minimum Gasteiger partial charge on any atom is -0.359 e. The van der Waals surface area contributed by atoms with Crippen LogP contribution in [0.1, 0.15) is 24.0 Å². The Kier molecular flexibility index (Phi) is 5.98. The van der Waals surface area contributed by atoms with Crippen LogP contribution in [-0.4, -0.2) is 33.5 Å². The summed E-state index contributed by atoms with van der Waals surface area (Å²) in [5.41, 5.74) is 3.17. The molecule has 2 aliphatic heterocycles. The Morgan fingerprint density at radius 1 is 1.12 bits per heavy atom. The van der Waals surface area contributed by atoms with Crippen molar-refractivity contribution in [2.45, 2.75) is 30.2 Å². The lowest BCUT2D eigenvalue weighted by molar-refractivity contribution is -0.118. The van der Waals surface area contributed by atoms with Crippen molar-refractivity contribution in [3.8, 4) is 6.07 Å². The quantitative estimate of drug-likeness (QED) is 0.538. The predicted octanol–water partition coefficient (Wildman–Crippen LogP) is 4.63. The second kappa shape index (κ2) is 8.95. The first kappa shape index (κ1) is 22.7. The van der Waals surface area contributed by atoms with Gasteiger partial charge in [0.25, 0.3) is 10.0 Å². The molecule has 2 aliphatic rings. The number of hydrogen-bond acceptors (Lipinski definition) is 6. The van der Waals surface area contributed by atoms with Gasteiger partial charge in [-0.2, -0.15) is 5.26 Å². The molecule has 0 unspecified atom stereocenters. The van der Waals surface area contributed by atoms with Crippen LogP contribution < -0.4 is 14.5 Å². The van der Waals surface area contributed by atoms with E-state index in [0.29, 0.717) is 23.7 Å². The van der Waals surface area contributed by atoms with E-state index in [9.17, 15) is 13.2 Å². The van der Waals surface area contributed by atoms with Gasteiger partial charge in [-0.05, 0) is 78.7 Å². The summed E-state index contributed by atoms with van der Waals surface area (Å²) in [6.07, 6.45) is 2.61. The molecule has 1 aromatic heterocycles. The van der Waals surface area contributed by atoms with Crippen LogP contribution in [0.4, 0.5) is 16.4 Å². The molecule has 3 heterocycles. The van der Waals surface area contributed by atoms with Crippen molar-refractivity contribution in [2.24, 2.45) is 0 Å². The standard InChI is InChI=1S/C24H21ClN4O3S2/c25-18-3-8-21-16(14-18)2-1-11-29(21)22-9-12-28(24(22)30)19-4-6-20(7-5-19)34(31,32)27-23-17(15-26)10-13-33-23/h3-8,10,13-14,22,27H,1-2,9,11-12H2/t22-/m0/s1. The zero-order chi connectivity index (χ0) is 23.9. The number of nitrogens with one attached hydrogen (secondary N) is 1. The van der Waals surface area contributed by atoms with Crippen LogP contribution in [-0.2, 0) is 21.2 Å². The van der Waals surface area contributed by atoms with Gasteiger partial charge in [0.2, 0.25) is 5.91 Å². The first-order valence-corrected chi connectivity index (χ1v) is 13.6. The zero-order valence-corrected chi connectivity index (χ0v) is 20.5. The van der Waals surface area contributed by atoms with Crippen LogP contribution in [0.25, 0.3) is 0 Å². The third-order valence-electron chi connectivity index (χ3n) is 6.22. The van der Waals surface area contributed by atoms with Crippen LogP contribution in [0.3, 0.4) is 0 Å². The second-order valence-electron chi connectivity index (χ2n) is 8.24. The number of thiophene rings is 1. The number of nitrogens with zero attached hydrogens (tertiary/aromatic N) is 3. The molecule has 1 fully saturated rings. The average Bonchev–Trinajstić information content (AvgIpc) is 3.44. The predicted molar refractivity (Wildman–Crippen MR) is 134 cm³/mol. The number of benzene rings is 2. The minimum absolute atomic E-state index is 0.00813. The minimum atomic E-state index is -3.85. The molecule has 0 radical (unpaired) electrons. The molecule has 1 N–H and O–H groups in total. The number of fused-ring (bicyclic) bond motifs is 1. The van der Waals surface area contributed by atoms with E-state index in [2.05, 4.69) is 9.62 Å². The highest BCUT2D eigenvalue weighted by atomic mass is 35.5. The largest absolute Gasteiger partial charge is 0.359 e. The van der Waals surface area contributed by atoms with E-state index in [1.54, 1.807) is 28.5 Å². The molecule has 174 valence electrons. The number of hydrogen-bond donors (Lipinski definition) is 1. The van der Waals surface area contributed by atoms with Gasteiger partial charge in [-0.3, -0.25) is 9.52 Å². The van der Waals surface area contributed by atoms with Crippen LogP contribution in [0.15, 0.2) is 58.8 Å². The van der Waals surface area contributed by atoms with Crippen LogP contribution in [0, 0.1) is 11.3 Å². The summed E-state index contributed by atoms with van der Waals surface area (Å²) in [7, 11) is -3.85. The van der Waals surface area contributed by atoms with Crippen LogP contribution in [0.2, 0.25) is 5.02 Å². The summed E-state index contributed by atoms with van der Waals surface area (Å²) >= 11 is 7.31. The first-order chi connectivity index (χ1) is 16.4. The van der Waals surface area contributed by atoms with Crippen LogP contribution >= 0.6 is 22.9 Å². The monoisotopic (exact) mass is 512 g/mol. The highest BCUT2D eigenvalue weighted by Crippen LogP contribution is 2.35. The smallest absolute Gasteiger partial charge is 0.262 e. The van der Waals surface area contributed by atoms with E-state index in [-0.39, 0.29) is 27.4 Å². The molecule has 0 saturated carbocycles. The van der Waals surface area contributed by atoms with Crippen molar-refractivity contribution < 1.29 is 13.2 Å². The number of carbonyl (C=O) groups is 1. The Bertz CT molecular complexity index is 1400. The molecule has 1 saturated heterocycles. The third-order valence-corrected chi connectivity index (χ3v) is 8.78. The summed E-state index contributed by atoms with van der Waals surface area (Å²) in [5, 5.41) is 11.8. The Labute approximate surface area is 207 Å². The fraction of sp³-hybridized carbons (Fsp3) is 0.250. The molecular formula is C24H21ClN4O3S2. The number of halogens is 1. The van der Waals surface area contributed by atoms with Gasteiger partial charge in [-0.25, -0.2) is 8.42 Å². The molecule has 1 amide bonds. The van der Waals surface area contributed by atoms with Crippen molar-refractivity contribution in [1.29, 1.82) is 5.26 Å². The Balaban J connectivity index is 1.33. The summed E-state index contributed by atoms with van der Waals surface area (Å²) in [6, 6.07) is 15.4. The maximum absolute atomic E-state index is 13.3. The summed E-state index contributed by atoms with van der Waals surface area (Å²) in [4.78, 5) is 17.3. The van der Waals surface area contributed by atoms with Gasteiger partial charge in [-0.15, -0.1) is 11.3 Å². The summed E-state index contributed by atoms with van der Waals surface area (Å²) in [5.74, 6) is 0.00813.